The van der Waals surface area contributed by atoms with E-state index in [2.05, 4.69) is 175 Å². The molecule has 4 aromatic carbocycles. The molecule has 0 atom stereocenters. The summed E-state index contributed by atoms with van der Waals surface area (Å²) in [4.78, 5) is 9.96. The first-order valence-electron chi connectivity index (χ1n) is 17.5. The number of allylic oxidation sites excluding steroid dienone is 4. The van der Waals surface area contributed by atoms with Crippen molar-refractivity contribution in [2.75, 3.05) is 0 Å². The summed E-state index contributed by atoms with van der Waals surface area (Å²) < 4.78 is 0. The Morgan fingerprint density at radius 3 is 0.980 bits per heavy atom. The van der Waals surface area contributed by atoms with Gasteiger partial charge in [0.1, 0.15) is 0 Å². The van der Waals surface area contributed by atoms with E-state index in [1.165, 1.54) is 44.5 Å². The van der Waals surface area contributed by atoms with Crippen molar-refractivity contribution in [3.8, 4) is 0 Å². The summed E-state index contributed by atoms with van der Waals surface area (Å²) in [6, 6.07) is 52.3. The second-order valence-electron chi connectivity index (χ2n) is 15.1. The van der Waals surface area contributed by atoms with Crippen molar-refractivity contribution < 1.29 is 0 Å². The van der Waals surface area contributed by atoms with Crippen LogP contribution < -0.4 is 0 Å². The Morgan fingerprint density at radius 1 is 0.360 bits per heavy atom. The summed E-state index contributed by atoms with van der Waals surface area (Å²) in [6.45, 7) is 13.6. The van der Waals surface area contributed by atoms with Gasteiger partial charge in [-0.05, 0) is 79.6 Å². The lowest BCUT2D eigenvalue weighted by Gasteiger charge is -2.36. The normalized spacial score (nSPS) is 15.4. The minimum absolute atomic E-state index is 0.0466. The average Bonchev–Trinajstić information content (AvgIpc) is 3.13. The maximum Gasteiger partial charge on any atom is 0.0715 e. The fourth-order valence-electron chi connectivity index (χ4n) is 6.87. The van der Waals surface area contributed by atoms with Gasteiger partial charge in [-0.1, -0.05) is 163 Å². The van der Waals surface area contributed by atoms with Gasteiger partial charge in [0.05, 0.1) is 11.4 Å². The third-order valence-electron chi connectivity index (χ3n) is 9.55. The van der Waals surface area contributed by atoms with Crippen molar-refractivity contribution in [3.63, 3.8) is 0 Å². The minimum atomic E-state index is 0.0466. The van der Waals surface area contributed by atoms with Gasteiger partial charge in [-0.25, -0.2) is 0 Å². The molecule has 2 aromatic heterocycles. The lowest BCUT2D eigenvalue weighted by Crippen LogP contribution is -2.18. The Hall–Kier alpha value is -5.60. The van der Waals surface area contributed by atoms with Crippen LogP contribution in [0.5, 0.6) is 0 Å². The van der Waals surface area contributed by atoms with Gasteiger partial charge in [0, 0.05) is 34.7 Å². The van der Waals surface area contributed by atoms with E-state index in [0.29, 0.717) is 0 Å². The number of aromatic nitrogens is 2. The predicted octanol–water partition coefficient (Wildman–Crippen LogP) is 12.0. The molecule has 7 rings (SSSR count). The first-order chi connectivity index (χ1) is 24.1. The maximum atomic E-state index is 4.98. The lowest BCUT2D eigenvalue weighted by molar-refractivity contribution is 0.590. The quantitative estimate of drug-likeness (QED) is 0.180. The average molecular weight is 649 g/mol. The Morgan fingerprint density at radius 2 is 0.680 bits per heavy atom. The highest BCUT2D eigenvalue weighted by atomic mass is 14.7. The van der Waals surface area contributed by atoms with Crippen molar-refractivity contribution in [2.45, 2.75) is 52.4 Å². The third-order valence-corrected chi connectivity index (χ3v) is 9.55. The fraction of sp³-hybridized carbons (Fsp3) is 0.167. The van der Waals surface area contributed by atoms with Crippen LogP contribution in [0.3, 0.4) is 0 Å². The standard InChI is InChI=1S/C48H44N2/c1-47(2,3)37-27-23-35(24-28-37)41(33-17-9-7-10-18-33)45-43(39-21-13-15-31-49-39)44(40-22-14-16-32-50-40)46(45)42(34-19-11-8-12-20-34)36-25-29-38(30-26-36)48(4,5)6/h7-32H,1-6H3. The molecule has 0 amide bonds. The molecule has 2 heteroatoms. The summed E-state index contributed by atoms with van der Waals surface area (Å²) in [5, 5.41) is 0. The summed E-state index contributed by atoms with van der Waals surface area (Å²) >= 11 is 0. The highest BCUT2D eigenvalue weighted by Crippen LogP contribution is 2.57. The Balaban J connectivity index is 1.67. The molecule has 0 aliphatic heterocycles. The monoisotopic (exact) mass is 648 g/mol. The predicted molar refractivity (Wildman–Crippen MR) is 210 cm³/mol. The molecule has 0 bridgehead atoms. The first-order valence-corrected chi connectivity index (χ1v) is 17.5. The third kappa shape index (κ3) is 6.42. The molecule has 50 heavy (non-hydrogen) atoms. The number of hydrogen-bond donors (Lipinski definition) is 0. The molecule has 2 nitrogen and oxygen atoms in total. The molecule has 0 fully saturated rings. The van der Waals surface area contributed by atoms with Crippen LogP contribution in [-0.2, 0) is 10.8 Å². The highest BCUT2D eigenvalue weighted by molar-refractivity contribution is 6.26. The summed E-state index contributed by atoms with van der Waals surface area (Å²) in [6.07, 6.45) is 3.78. The molecule has 6 aromatic rings. The molecular formula is C48H44N2. The van der Waals surface area contributed by atoms with Crippen LogP contribution in [0.2, 0.25) is 0 Å². The molecule has 0 radical (unpaired) electrons. The van der Waals surface area contributed by atoms with Gasteiger partial charge in [0.15, 0.2) is 0 Å². The van der Waals surface area contributed by atoms with Crippen molar-refractivity contribution in [1.29, 1.82) is 0 Å². The highest BCUT2D eigenvalue weighted by Gasteiger charge is 2.39. The molecule has 1 aliphatic rings. The lowest BCUT2D eigenvalue weighted by atomic mass is 9.66. The second kappa shape index (κ2) is 13.4. The SMILES string of the molecule is CC(C)(C)c1ccc(C(=C2C(=C(c3ccccc3)c3ccc(C(C)(C)C)cc3)C(c3ccccn3)=C2c2ccccn2)c2ccccc2)cc1. The molecule has 2 heterocycles. The van der Waals surface area contributed by atoms with Gasteiger partial charge in [-0.15, -0.1) is 0 Å². The molecule has 0 N–H and O–H groups in total. The van der Waals surface area contributed by atoms with Crippen LogP contribution in [-0.4, -0.2) is 9.97 Å². The van der Waals surface area contributed by atoms with E-state index in [4.69, 9.17) is 9.97 Å². The number of rotatable bonds is 6. The first kappa shape index (κ1) is 32.9. The van der Waals surface area contributed by atoms with E-state index in [1.54, 1.807) is 0 Å². The van der Waals surface area contributed by atoms with Crippen LogP contribution in [0.25, 0.3) is 22.3 Å². The zero-order valence-electron chi connectivity index (χ0n) is 29.9. The maximum absolute atomic E-state index is 4.98. The van der Waals surface area contributed by atoms with Crippen molar-refractivity contribution in [2.24, 2.45) is 0 Å². The molecular weight excluding hydrogens is 605 g/mol. The van der Waals surface area contributed by atoms with Gasteiger partial charge in [-0.2, -0.15) is 0 Å². The van der Waals surface area contributed by atoms with Gasteiger partial charge in [-0.3, -0.25) is 9.97 Å². The largest absolute Gasteiger partial charge is 0.256 e. The van der Waals surface area contributed by atoms with E-state index in [0.717, 1.165) is 33.7 Å². The topological polar surface area (TPSA) is 25.8 Å². The fourth-order valence-corrected chi connectivity index (χ4v) is 6.87. The zero-order valence-corrected chi connectivity index (χ0v) is 29.9. The van der Waals surface area contributed by atoms with Crippen LogP contribution >= 0.6 is 0 Å². The van der Waals surface area contributed by atoms with Crippen molar-refractivity contribution in [1.82, 2.24) is 9.97 Å². The summed E-state index contributed by atoms with van der Waals surface area (Å²) in [5.41, 5.74) is 16.2. The van der Waals surface area contributed by atoms with Crippen molar-refractivity contribution in [3.05, 3.63) is 214 Å². The molecule has 1 aliphatic carbocycles. The number of nitrogens with zero attached hydrogens (tertiary/aromatic N) is 2. The van der Waals surface area contributed by atoms with Gasteiger partial charge < -0.3 is 0 Å². The van der Waals surface area contributed by atoms with Crippen molar-refractivity contribution >= 4 is 22.3 Å². The van der Waals surface area contributed by atoms with E-state index < -0.39 is 0 Å². The second-order valence-corrected chi connectivity index (χ2v) is 15.1. The van der Waals surface area contributed by atoms with Crippen LogP contribution in [0.15, 0.2) is 169 Å². The molecule has 0 saturated heterocycles. The van der Waals surface area contributed by atoms with E-state index in [9.17, 15) is 0 Å². The van der Waals surface area contributed by atoms with E-state index >= 15 is 0 Å². The zero-order chi connectivity index (χ0) is 34.9. The number of pyridine rings is 2. The minimum Gasteiger partial charge on any atom is -0.256 e. The molecule has 0 saturated carbocycles. The Kier molecular flexibility index (Phi) is 8.80. The summed E-state index contributed by atoms with van der Waals surface area (Å²) in [5.74, 6) is 0. The molecule has 0 unspecified atom stereocenters. The molecule has 0 spiro atoms. The van der Waals surface area contributed by atoms with Gasteiger partial charge in [0.25, 0.3) is 0 Å². The van der Waals surface area contributed by atoms with Gasteiger partial charge in [0.2, 0.25) is 0 Å². The number of hydrogen-bond acceptors (Lipinski definition) is 2. The summed E-state index contributed by atoms with van der Waals surface area (Å²) in [7, 11) is 0. The number of benzene rings is 4. The Bertz CT molecular complexity index is 2030. The smallest absolute Gasteiger partial charge is 0.0715 e. The van der Waals surface area contributed by atoms with Gasteiger partial charge >= 0.3 is 0 Å². The van der Waals surface area contributed by atoms with E-state index in [1.807, 2.05) is 24.5 Å². The Labute approximate surface area is 297 Å². The van der Waals surface area contributed by atoms with E-state index in [-0.39, 0.29) is 10.8 Å². The molecule has 246 valence electrons. The van der Waals surface area contributed by atoms with Crippen LogP contribution in [0, 0.1) is 0 Å². The van der Waals surface area contributed by atoms with Crippen LogP contribution in [0.1, 0.15) is 86.3 Å². The van der Waals surface area contributed by atoms with Crippen LogP contribution in [0.4, 0.5) is 0 Å².